The molecule has 7 nitrogen and oxygen atoms in total. The maximum absolute atomic E-state index is 13.7. The summed E-state index contributed by atoms with van der Waals surface area (Å²) in [4.78, 5) is 46.1. The van der Waals surface area contributed by atoms with Crippen LogP contribution in [0.25, 0.3) is 0 Å². The van der Waals surface area contributed by atoms with Crippen LogP contribution in [0.4, 0.5) is 5.13 Å². The number of nitrogens with zero attached hydrogens (tertiary/aromatic N) is 2. The van der Waals surface area contributed by atoms with Gasteiger partial charge in [-0.25, -0.2) is 9.78 Å². The van der Waals surface area contributed by atoms with Gasteiger partial charge in [-0.05, 0) is 43.9 Å². The van der Waals surface area contributed by atoms with Gasteiger partial charge in [-0.1, -0.05) is 54.1 Å². The molecule has 0 radical (unpaired) electrons. The van der Waals surface area contributed by atoms with Gasteiger partial charge in [-0.15, -0.1) is 0 Å². The number of esters is 1. The van der Waals surface area contributed by atoms with Crippen LogP contribution in [0.5, 0.6) is 0 Å². The zero-order valence-electron chi connectivity index (χ0n) is 18.6. The van der Waals surface area contributed by atoms with Crippen molar-refractivity contribution in [1.82, 2.24) is 4.98 Å². The third-order valence-electron chi connectivity index (χ3n) is 6.46. The highest BCUT2D eigenvalue weighted by atomic mass is 35.5. The summed E-state index contributed by atoms with van der Waals surface area (Å²) in [7, 11) is 0. The van der Waals surface area contributed by atoms with Crippen LogP contribution < -0.4 is 4.90 Å². The van der Waals surface area contributed by atoms with Crippen LogP contribution in [0.15, 0.2) is 48.3 Å². The first-order chi connectivity index (χ1) is 16.4. The average molecular weight is 499 g/mol. The minimum atomic E-state index is -0.710. The summed E-state index contributed by atoms with van der Waals surface area (Å²) in [6.45, 7) is 5.31. The van der Waals surface area contributed by atoms with Crippen LogP contribution in [-0.4, -0.2) is 35.4 Å². The van der Waals surface area contributed by atoms with Crippen molar-refractivity contribution in [3.63, 3.8) is 0 Å². The second-order valence-corrected chi connectivity index (χ2v) is 10.00. The Labute approximate surface area is 206 Å². The number of hydrogen-bond acceptors (Lipinski definition) is 7. The summed E-state index contributed by atoms with van der Waals surface area (Å²) in [5, 5.41) is 0.853. The number of anilines is 1. The molecule has 1 amide bonds. The number of ether oxygens (including phenoxy) is 2. The van der Waals surface area contributed by atoms with Crippen LogP contribution in [-0.2, 0) is 19.1 Å². The van der Waals surface area contributed by atoms with Gasteiger partial charge in [0.25, 0.3) is 5.91 Å². The highest BCUT2D eigenvalue weighted by Crippen LogP contribution is 2.49. The number of carbonyl (C=O) groups excluding carboxylic acids is 3. The van der Waals surface area contributed by atoms with Crippen LogP contribution in [0.1, 0.15) is 52.7 Å². The van der Waals surface area contributed by atoms with E-state index in [0.717, 1.165) is 42.6 Å². The fraction of sp³-hybridized carbons (Fsp3) is 0.360. The van der Waals surface area contributed by atoms with Gasteiger partial charge in [0.15, 0.2) is 16.7 Å². The topological polar surface area (TPSA) is 85.8 Å². The first kappa shape index (κ1) is 22.8. The Hall–Kier alpha value is -2.97. The number of hydrogen-bond donors (Lipinski definition) is 0. The molecule has 3 unspecified atom stereocenters. The minimum absolute atomic E-state index is 0.0411. The van der Waals surface area contributed by atoms with Gasteiger partial charge in [0.1, 0.15) is 17.6 Å². The molecule has 0 N–H and O–H groups in total. The van der Waals surface area contributed by atoms with Crippen molar-refractivity contribution >= 4 is 45.7 Å². The summed E-state index contributed by atoms with van der Waals surface area (Å²) >= 11 is 7.16. The van der Waals surface area contributed by atoms with Gasteiger partial charge in [0.2, 0.25) is 0 Å². The lowest BCUT2D eigenvalue weighted by Crippen LogP contribution is -2.39. The van der Waals surface area contributed by atoms with E-state index < -0.39 is 17.9 Å². The van der Waals surface area contributed by atoms with E-state index >= 15 is 0 Å². The van der Waals surface area contributed by atoms with Crippen LogP contribution in [0.3, 0.4) is 0 Å². The molecule has 9 heteroatoms. The Morgan fingerprint density at radius 1 is 1.29 bits per heavy atom. The molecule has 2 aromatic rings. The number of halogens is 1. The molecule has 1 saturated carbocycles. The van der Waals surface area contributed by atoms with Crippen molar-refractivity contribution in [3.05, 3.63) is 69.4 Å². The molecule has 5 rings (SSSR count). The summed E-state index contributed by atoms with van der Waals surface area (Å²) in [6.07, 6.45) is 4.63. The van der Waals surface area contributed by atoms with Crippen molar-refractivity contribution in [3.8, 4) is 0 Å². The summed E-state index contributed by atoms with van der Waals surface area (Å²) in [5.74, 6) is -1.16. The van der Waals surface area contributed by atoms with Crippen molar-refractivity contribution in [2.45, 2.75) is 44.8 Å². The molecule has 34 heavy (non-hydrogen) atoms. The van der Waals surface area contributed by atoms with E-state index in [0.29, 0.717) is 26.3 Å². The lowest BCUT2D eigenvalue weighted by Gasteiger charge is -2.35. The molecule has 2 aliphatic heterocycles. The monoisotopic (exact) mass is 498 g/mol. The number of carbonyl (C=O) groups is 3. The molecule has 1 aliphatic carbocycles. The number of aromatic nitrogens is 1. The summed E-state index contributed by atoms with van der Waals surface area (Å²) < 4.78 is 11.3. The molecule has 3 heterocycles. The van der Waals surface area contributed by atoms with Crippen LogP contribution in [0, 0.1) is 12.8 Å². The predicted octanol–water partition coefficient (Wildman–Crippen LogP) is 4.95. The SMILES string of the molecule is C=CCOC(=O)c1sc(N2C(=O)C3=C(C(=O)C4CCCCC4O3)C2c2ccc(Cl)cc2)nc1C. The Balaban J connectivity index is 1.60. The highest BCUT2D eigenvalue weighted by Gasteiger charge is 2.53. The van der Waals surface area contributed by atoms with E-state index in [9.17, 15) is 14.4 Å². The van der Waals surface area contributed by atoms with Gasteiger partial charge in [0.05, 0.1) is 23.2 Å². The summed E-state index contributed by atoms with van der Waals surface area (Å²) in [5.41, 5.74) is 1.53. The fourth-order valence-electron chi connectivity index (χ4n) is 4.88. The third kappa shape index (κ3) is 3.75. The normalized spacial score (nSPS) is 23.9. The molecule has 1 aromatic carbocycles. The highest BCUT2D eigenvalue weighted by molar-refractivity contribution is 7.17. The molecule has 3 aliphatic rings. The number of benzene rings is 1. The quantitative estimate of drug-likeness (QED) is 0.428. The van der Waals surface area contributed by atoms with Crippen LogP contribution in [0.2, 0.25) is 5.02 Å². The van der Waals surface area contributed by atoms with E-state index in [1.54, 1.807) is 31.2 Å². The molecule has 0 spiro atoms. The van der Waals surface area contributed by atoms with Gasteiger partial charge >= 0.3 is 5.97 Å². The largest absolute Gasteiger partial charge is 0.483 e. The number of fused-ring (bicyclic) bond motifs is 1. The predicted molar refractivity (Wildman–Crippen MR) is 128 cm³/mol. The smallest absolute Gasteiger partial charge is 0.350 e. The number of amides is 1. The van der Waals surface area contributed by atoms with E-state index in [1.165, 1.54) is 11.0 Å². The Morgan fingerprint density at radius 3 is 2.76 bits per heavy atom. The fourth-order valence-corrected chi connectivity index (χ4v) is 5.99. The lowest BCUT2D eigenvalue weighted by molar-refractivity contribution is -0.131. The Kier molecular flexibility index (Phi) is 6.04. The van der Waals surface area contributed by atoms with Crippen molar-refractivity contribution < 1.29 is 23.9 Å². The average Bonchev–Trinajstić information content (AvgIpc) is 3.36. The second-order valence-electron chi connectivity index (χ2n) is 8.58. The van der Waals surface area contributed by atoms with Gasteiger partial charge in [0, 0.05) is 5.02 Å². The number of thiazole rings is 1. The first-order valence-corrected chi connectivity index (χ1v) is 12.4. The van der Waals surface area contributed by atoms with Crippen molar-refractivity contribution in [1.29, 1.82) is 0 Å². The molecule has 0 bridgehead atoms. The molecular formula is C25H23ClN2O5S. The van der Waals surface area contributed by atoms with Crippen molar-refractivity contribution in [2.75, 3.05) is 11.5 Å². The number of aryl methyl sites for hydroxylation is 1. The molecule has 3 atom stereocenters. The van der Waals surface area contributed by atoms with Gasteiger partial charge in [-0.3, -0.25) is 14.5 Å². The molecule has 176 valence electrons. The second kappa shape index (κ2) is 9.00. The lowest BCUT2D eigenvalue weighted by atomic mass is 9.77. The van der Waals surface area contributed by atoms with Crippen LogP contribution >= 0.6 is 22.9 Å². The minimum Gasteiger partial charge on any atom is -0.483 e. The molecule has 1 fully saturated rings. The van der Waals surface area contributed by atoms with Crippen molar-refractivity contribution in [2.24, 2.45) is 5.92 Å². The zero-order chi connectivity index (χ0) is 24.0. The summed E-state index contributed by atoms with van der Waals surface area (Å²) in [6, 6.07) is 6.33. The van der Waals surface area contributed by atoms with E-state index in [4.69, 9.17) is 21.1 Å². The Morgan fingerprint density at radius 2 is 2.03 bits per heavy atom. The molecule has 0 saturated heterocycles. The Bertz CT molecular complexity index is 1220. The van der Waals surface area contributed by atoms with Gasteiger partial charge < -0.3 is 9.47 Å². The maximum Gasteiger partial charge on any atom is 0.350 e. The number of Topliss-reactive ketones (excluding diaryl/α,β-unsaturated/α-hetero) is 1. The van der Waals surface area contributed by atoms with E-state index in [1.807, 2.05) is 0 Å². The zero-order valence-corrected chi connectivity index (χ0v) is 20.2. The molecular weight excluding hydrogens is 476 g/mol. The molecule has 1 aromatic heterocycles. The van der Waals surface area contributed by atoms with E-state index in [2.05, 4.69) is 11.6 Å². The first-order valence-electron chi connectivity index (χ1n) is 11.2. The number of ketones is 1. The van der Waals surface area contributed by atoms with Gasteiger partial charge in [-0.2, -0.15) is 0 Å². The number of rotatable bonds is 5. The third-order valence-corrected chi connectivity index (χ3v) is 7.85. The maximum atomic E-state index is 13.7. The standard InChI is InChI=1S/C25H23ClN2O5S/c1-3-12-32-24(31)22-13(2)27-25(34-22)28-19(14-8-10-15(26)11-9-14)18-20(29)16-6-4-5-7-17(16)33-21(18)23(28)30/h3,8-11,16-17,19H,1,4-7,12H2,2H3. The van der Waals surface area contributed by atoms with E-state index in [-0.39, 0.29) is 30.2 Å².